The summed E-state index contributed by atoms with van der Waals surface area (Å²) < 4.78 is 0.805. The zero-order valence-electron chi connectivity index (χ0n) is 8.53. The van der Waals surface area contributed by atoms with E-state index in [-0.39, 0.29) is 0 Å². The Morgan fingerprint density at radius 3 is 2.60 bits per heavy atom. The van der Waals surface area contributed by atoms with Gasteiger partial charge in [-0.1, -0.05) is 0 Å². The maximum absolute atomic E-state index is 4.38. The van der Waals surface area contributed by atoms with E-state index in [1.54, 1.807) is 6.20 Å². The van der Waals surface area contributed by atoms with Crippen molar-refractivity contribution in [3.05, 3.63) is 40.5 Å². The van der Waals surface area contributed by atoms with Gasteiger partial charge in [0.05, 0.1) is 5.69 Å². The van der Waals surface area contributed by atoms with E-state index in [1.807, 2.05) is 32.0 Å². The molecule has 2 rings (SSSR count). The predicted octanol–water partition coefficient (Wildman–Crippen LogP) is 2.92. The van der Waals surface area contributed by atoms with E-state index in [0.717, 1.165) is 27.4 Å². The second-order valence-electron chi connectivity index (χ2n) is 3.31. The third kappa shape index (κ3) is 2.39. The minimum absolute atomic E-state index is 0.758. The molecule has 0 saturated carbocycles. The van der Waals surface area contributed by atoms with Crippen LogP contribution in [0.3, 0.4) is 0 Å². The van der Waals surface area contributed by atoms with Crippen LogP contribution >= 0.6 is 15.9 Å². The molecule has 0 amide bonds. The van der Waals surface area contributed by atoms with Crippen LogP contribution in [0.1, 0.15) is 11.5 Å². The fraction of sp³-hybridized carbons (Fsp3) is 0.182. The van der Waals surface area contributed by atoms with Crippen molar-refractivity contribution >= 4 is 15.9 Å². The van der Waals surface area contributed by atoms with Crippen LogP contribution in [0.2, 0.25) is 0 Å². The van der Waals surface area contributed by atoms with E-state index in [1.165, 1.54) is 0 Å². The van der Waals surface area contributed by atoms with Gasteiger partial charge in [0.2, 0.25) is 0 Å². The quantitative estimate of drug-likeness (QED) is 0.743. The molecule has 0 aromatic carbocycles. The summed E-state index contributed by atoms with van der Waals surface area (Å²) in [6.07, 6.45) is 1.79. The van der Waals surface area contributed by atoms with E-state index in [9.17, 15) is 0 Å². The van der Waals surface area contributed by atoms with E-state index in [4.69, 9.17) is 0 Å². The van der Waals surface area contributed by atoms with Gasteiger partial charge in [0.15, 0.2) is 0 Å². The Kier molecular flexibility index (Phi) is 2.77. The molecule has 0 unspecified atom stereocenters. The molecule has 3 nitrogen and oxygen atoms in total. The standard InChI is InChI=1S/C11H10BrN3/c1-7-5-9(3-4-13-7)10-6-11(12)15-8(2)14-10/h3-6H,1-2H3. The van der Waals surface area contributed by atoms with Crippen LogP contribution in [0.25, 0.3) is 11.3 Å². The molecule has 76 valence electrons. The number of hydrogen-bond donors (Lipinski definition) is 0. The van der Waals surface area contributed by atoms with E-state index >= 15 is 0 Å². The van der Waals surface area contributed by atoms with Gasteiger partial charge in [-0.3, -0.25) is 4.98 Å². The van der Waals surface area contributed by atoms with Crippen molar-refractivity contribution in [3.8, 4) is 11.3 Å². The highest BCUT2D eigenvalue weighted by Crippen LogP contribution is 2.19. The summed E-state index contributed by atoms with van der Waals surface area (Å²) in [5.74, 6) is 0.758. The molecule has 2 aromatic rings. The molecule has 0 N–H and O–H groups in total. The maximum atomic E-state index is 4.38. The van der Waals surface area contributed by atoms with Gasteiger partial charge in [-0.05, 0) is 48.0 Å². The van der Waals surface area contributed by atoms with Gasteiger partial charge in [-0.15, -0.1) is 0 Å². The Morgan fingerprint density at radius 1 is 1.13 bits per heavy atom. The Hall–Kier alpha value is -1.29. The summed E-state index contributed by atoms with van der Waals surface area (Å²) in [5.41, 5.74) is 2.97. The second-order valence-corrected chi connectivity index (χ2v) is 4.12. The zero-order valence-corrected chi connectivity index (χ0v) is 10.1. The normalized spacial score (nSPS) is 10.3. The largest absolute Gasteiger partial charge is 0.262 e. The van der Waals surface area contributed by atoms with Crippen molar-refractivity contribution in [1.82, 2.24) is 15.0 Å². The van der Waals surface area contributed by atoms with Gasteiger partial charge in [0.25, 0.3) is 0 Å². The topological polar surface area (TPSA) is 38.7 Å². The lowest BCUT2D eigenvalue weighted by Crippen LogP contribution is -1.92. The maximum Gasteiger partial charge on any atom is 0.127 e. The lowest BCUT2D eigenvalue weighted by molar-refractivity contribution is 1.04. The summed E-state index contributed by atoms with van der Waals surface area (Å²) in [6.45, 7) is 3.84. The lowest BCUT2D eigenvalue weighted by atomic mass is 10.1. The monoisotopic (exact) mass is 263 g/mol. The van der Waals surface area contributed by atoms with Crippen LogP contribution in [0, 0.1) is 13.8 Å². The van der Waals surface area contributed by atoms with Crippen LogP contribution in [0.15, 0.2) is 29.0 Å². The van der Waals surface area contributed by atoms with Crippen molar-refractivity contribution in [2.75, 3.05) is 0 Å². The van der Waals surface area contributed by atoms with Crippen LogP contribution < -0.4 is 0 Å². The lowest BCUT2D eigenvalue weighted by Gasteiger charge is -2.03. The molecule has 0 saturated heterocycles. The van der Waals surface area contributed by atoms with Crippen LogP contribution in [-0.4, -0.2) is 15.0 Å². The van der Waals surface area contributed by atoms with Crippen molar-refractivity contribution in [1.29, 1.82) is 0 Å². The molecule has 0 fully saturated rings. The third-order valence-electron chi connectivity index (χ3n) is 2.00. The number of pyridine rings is 1. The Labute approximate surface area is 96.7 Å². The Morgan fingerprint density at radius 2 is 1.93 bits per heavy atom. The SMILES string of the molecule is Cc1cc(-c2cc(Br)nc(C)n2)ccn1. The van der Waals surface area contributed by atoms with Crippen LogP contribution in [-0.2, 0) is 0 Å². The fourth-order valence-corrected chi connectivity index (χ4v) is 1.86. The minimum Gasteiger partial charge on any atom is -0.262 e. The Balaban J connectivity index is 2.54. The minimum atomic E-state index is 0.758. The fourth-order valence-electron chi connectivity index (χ4n) is 1.38. The summed E-state index contributed by atoms with van der Waals surface area (Å²) in [5, 5.41) is 0. The number of aryl methyl sites for hydroxylation is 2. The molecule has 0 aliphatic rings. The smallest absolute Gasteiger partial charge is 0.127 e. The van der Waals surface area contributed by atoms with Crippen molar-refractivity contribution in [2.24, 2.45) is 0 Å². The summed E-state index contributed by atoms with van der Waals surface area (Å²) in [4.78, 5) is 12.7. The second kappa shape index (κ2) is 4.06. The van der Waals surface area contributed by atoms with Crippen molar-refractivity contribution < 1.29 is 0 Å². The van der Waals surface area contributed by atoms with Gasteiger partial charge in [0, 0.05) is 17.5 Å². The molecule has 0 bridgehead atoms. The van der Waals surface area contributed by atoms with Gasteiger partial charge in [-0.2, -0.15) is 0 Å². The van der Waals surface area contributed by atoms with Gasteiger partial charge < -0.3 is 0 Å². The molecular formula is C11H10BrN3. The van der Waals surface area contributed by atoms with Gasteiger partial charge in [-0.25, -0.2) is 9.97 Å². The molecule has 0 aliphatic carbocycles. The average molecular weight is 264 g/mol. The number of nitrogens with zero attached hydrogens (tertiary/aromatic N) is 3. The van der Waals surface area contributed by atoms with Gasteiger partial charge >= 0.3 is 0 Å². The van der Waals surface area contributed by atoms with Crippen LogP contribution in [0.4, 0.5) is 0 Å². The number of hydrogen-bond acceptors (Lipinski definition) is 3. The molecule has 4 heteroatoms. The number of halogens is 1. The first-order valence-electron chi connectivity index (χ1n) is 4.59. The third-order valence-corrected chi connectivity index (χ3v) is 2.41. The molecule has 0 radical (unpaired) electrons. The summed E-state index contributed by atoms with van der Waals surface area (Å²) in [6, 6.07) is 5.86. The molecule has 2 heterocycles. The first-order chi connectivity index (χ1) is 7.15. The van der Waals surface area contributed by atoms with Crippen molar-refractivity contribution in [3.63, 3.8) is 0 Å². The highest BCUT2D eigenvalue weighted by molar-refractivity contribution is 9.10. The number of rotatable bonds is 1. The van der Waals surface area contributed by atoms with Crippen LogP contribution in [0.5, 0.6) is 0 Å². The first-order valence-corrected chi connectivity index (χ1v) is 5.38. The number of aromatic nitrogens is 3. The van der Waals surface area contributed by atoms with Gasteiger partial charge in [0.1, 0.15) is 10.4 Å². The van der Waals surface area contributed by atoms with Crippen molar-refractivity contribution in [2.45, 2.75) is 13.8 Å². The molecule has 0 atom stereocenters. The van der Waals surface area contributed by atoms with E-state index in [2.05, 4.69) is 30.9 Å². The highest BCUT2D eigenvalue weighted by atomic mass is 79.9. The highest BCUT2D eigenvalue weighted by Gasteiger charge is 2.02. The zero-order chi connectivity index (χ0) is 10.8. The predicted molar refractivity (Wildman–Crippen MR) is 62.4 cm³/mol. The molecule has 0 aliphatic heterocycles. The molecule has 0 spiro atoms. The first kappa shape index (κ1) is 10.2. The average Bonchev–Trinajstić information content (AvgIpc) is 2.16. The molecular weight excluding hydrogens is 254 g/mol. The van der Waals surface area contributed by atoms with E-state index < -0.39 is 0 Å². The molecule has 15 heavy (non-hydrogen) atoms. The summed E-state index contributed by atoms with van der Waals surface area (Å²) >= 11 is 3.36. The Bertz CT molecular complexity index is 477. The summed E-state index contributed by atoms with van der Waals surface area (Å²) in [7, 11) is 0. The molecule has 2 aromatic heterocycles. The van der Waals surface area contributed by atoms with E-state index in [0.29, 0.717) is 0 Å².